The number of nitrogens with zero attached hydrogens (tertiary/aromatic N) is 1. The van der Waals surface area contributed by atoms with Gasteiger partial charge in [-0.3, -0.25) is 9.78 Å². The molecule has 0 aromatic carbocycles. The van der Waals surface area contributed by atoms with E-state index in [9.17, 15) is 4.79 Å². The third-order valence-electron chi connectivity index (χ3n) is 3.74. The van der Waals surface area contributed by atoms with Crippen LogP contribution in [-0.2, 0) is 11.2 Å². The molecule has 4 nitrogen and oxygen atoms in total. The number of carbonyl (C=O) groups is 1. The molecule has 1 atom stereocenters. The Morgan fingerprint density at radius 3 is 2.84 bits per heavy atom. The maximum Gasteiger partial charge on any atom is 0.182 e. The molecule has 1 heterocycles. The molecule has 0 N–H and O–H groups in total. The Bertz CT molecular complexity index is 445. The molecule has 1 aliphatic rings. The summed E-state index contributed by atoms with van der Waals surface area (Å²) in [7, 11) is 3.22. The molecule has 0 radical (unpaired) electrons. The van der Waals surface area contributed by atoms with Crippen LogP contribution in [0.15, 0.2) is 12.3 Å². The topological polar surface area (TPSA) is 48.4 Å². The van der Waals surface area contributed by atoms with Gasteiger partial charge in [-0.1, -0.05) is 12.8 Å². The van der Waals surface area contributed by atoms with E-state index in [1.807, 2.05) is 0 Å². The summed E-state index contributed by atoms with van der Waals surface area (Å²) < 4.78 is 10.6. The van der Waals surface area contributed by atoms with E-state index in [-0.39, 0.29) is 5.92 Å². The Kier molecular flexibility index (Phi) is 4.77. The molecule has 0 saturated heterocycles. The lowest BCUT2D eigenvalue weighted by molar-refractivity contribution is -0.122. The number of rotatable bonds is 4. The number of methoxy groups -OCH3 is 2. The highest BCUT2D eigenvalue weighted by Gasteiger charge is 2.23. The maximum atomic E-state index is 12.1. The lowest BCUT2D eigenvalue weighted by Gasteiger charge is -2.16. The van der Waals surface area contributed by atoms with Crippen LogP contribution < -0.4 is 9.47 Å². The summed E-state index contributed by atoms with van der Waals surface area (Å²) in [6.45, 7) is 0. The van der Waals surface area contributed by atoms with Gasteiger partial charge < -0.3 is 9.47 Å². The predicted molar refractivity (Wildman–Crippen MR) is 72.6 cm³/mol. The number of hydrogen-bond donors (Lipinski definition) is 0. The van der Waals surface area contributed by atoms with Gasteiger partial charge >= 0.3 is 0 Å². The monoisotopic (exact) mass is 263 g/mol. The standard InChI is InChI=1S/C15H21NO3/c1-18-14-8-9-16-12(15(14)19-2)10-11-6-4-3-5-7-13(11)17/h8-9,11H,3-7,10H2,1-2H3. The fourth-order valence-corrected chi connectivity index (χ4v) is 2.68. The van der Waals surface area contributed by atoms with Gasteiger partial charge in [0.15, 0.2) is 11.5 Å². The van der Waals surface area contributed by atoms with Crippen LogP contribution in [-0.4, -0.2) is 25.0 Å². The summed E-state index contributed by atoms with van der Waals surface area (Å²) >= 11 is 0. The molecule has 1 aliphatic carbocycles. The molecule has 1 fully saturated rings. The molecular weight excluding hydrogens is 242 g/mol. The average molecular weight is 263 g/mol. The zero-order chi connectivity index (χ0) is 13.7. The molecule has 2 rings (SSSR count). The van der Waals surface area contributed by atoms with Crippen LogP contribution in [0.4, 0.5) is 0 Å². The number of ketones is 1. The Morgan fingerprint density at radius 2 is 2.11 bits per heavy atom. The molecule has 0 spiro atoms. The first-order valence-electron chi connectivity index (χ1n) is 6.84. The van der Waals surface area contributed by atoms with Gasteiger partial charge in [-0.05, 0) is 12.8 Å². The maximum absolute atomic E-state index is 12.1. The summed E-state index contributed by atoms with van der Waals surface area (Å²) in [4.78, 5) is 16.4. The van der Waals surface area contributed by atoms with E-state index in [4.69, 9.17) is 9.47 Å². The Hall–Kier alpha value is -1.58. The van der Waals surface area contributed by atoms with Crippen LogP contribution in [0.25, 0.3) is 0 Å². The van der Waals surface area contributed by atoms with E-state index in [0.29, 0.717) is 30.1 Å². The minimum absolute atomic E-state index is 0.0796. The van der Waals surface area contributed by atoms with Gasteiger partial charge in [-0.25, -0.2) is 0 Å². The van der Waals surface area contributed by atoms with Gasteiger partial charge in [0.25, 0.3) is 0 Å². The molecule has 4 heteroatoms. The van der Waals surface area contributed by atoms with Crippen molar-refractivity contribution in [1.29, 1.82) is 0 Å². The third-order valence-corrected chi connectivity index (χ3v) is 3.74. The Labute approximate surface area is 114 Å². The largest absolute Gasteiger partial charge is 0.493 e. The quantitative estimate of drug-likeness (QED) is 0.784. The van der Waals surface area contributed by atoms with Gasteiger partial charge in [0, 0.05) is 31.0 Å². The molecule has 0 aliphatic heterocycles. The number of ether oxygens (including phenoxy) is 2. The molecule has 1 aromatic rings. The highest BCUT2D eigenvalue weighted by molar-refractivity contribution is 5.81. The normalized spacial score (nSPS) is 19.9. The first kappa shape index (κ1) is 13.8. The molecule has 1 saturated carbocycles. The van der Waals surface area contributed by atoms with Gasteiger partial charge in [-0.2, -0.15) is 0 Å². The molecule has 19 heavy (non-hydrogen) atoms. The summed E-state index contributed by atoms with van der Waals surface area (Å²) in [5.41, 5.74) is 0.821. The van der Waals surface area contributed by atoms with Crippen LogP contribution in [0.5, 0.6) is 11.5 Å². The smallest absolute Gasteiger partial charge is 0.182 e. The van der Waals surface area contributed by atoms with Crippen molar-refractivity contribution < 1.29 is 14.3 Å². The van der Waals surface area contributed by atoms with Crippen LogP contribution in [0, 0.1) is 5.92 Å². The SMILES string of the molecule is COc1ccnc(CC2CCCCCC2=O)c1OC. The fourth-order valence-electron chi connectivity index (χ4n) is 2.68. The van der Waals surface area contributed by atoms with E-state index >= 15 is 0 Å². The highest BCUT2D eigenvalue weighted by atomic mass is 16.5. The van der Waals surface area contributed by atoms with Crippen LogP contribution >= 0.6 is 0 Å². The van der Waals surface area contributed by atoms with E-state index < -0.39 is 0 Å². The van der Waals surface area contributed by atoms with Crippen molar-refractivity contribution >= 4 is 5.78 Å². The lowest BCUT2D eigenvalue weighted by atomic mass is 9.93. The first-order valence-corrected chi connectivity index (χ1v) is 6.84. The second-order valence-electron chi connectivity index (χ2n) is 4.96. The van der Waals surface area contributed by atoms with Crippen molar-refractivity contribution in [3.63, 3.8) is 0 Å². The number of carbonyl (C=O) groups excluding carboxylic acids is 1. The van der Waals surface area contributed by atoms with Crippen molar-refractivity contribution in [3.8, 4) is 11.5 Å². The van der Waals surface area contributed by atoms with E-state index in [1.54, 1.807) is 26.5 Å². The van der Waals surface area contributed by atoms with Gasteiger partial charge in [0.2, 0.25) is 0 Å². The van der Waals surface area contributed by atoms with Crippen LogP contribution in [0.3, 0.4) is 0 Å². The highest BCUT2D eigenvalue weighted by Crippen LogP contribution is 2.32. The number of aromatic nitrogens is 1. The summed E-state index contributed by atoms with van der Waals surface area (Å²) in [6, 6.07) is 1.78. The third kappa shape index (κ3) is 3.25. The Balaban J connectivity index is 2.19. The second kappa shape index (κ2) is 6.55. The van der Waals surface area contributed by atoms with Crippen molar-refractivity contribution in [2.75, 3.05) is 14.2 Å². The molecule has 104 valence electrons. The molecule has 0 amide bonds. The van der Waals surface area contributed by atoms with Crippen molar-refractivity contribution in [2.24, 2.45) is 5.92 Å². The van der Waals surface area contributed by atoms with Crippen molar-refractivity contribution in [1.82, 2.24) is 4.98 Å². The van der Waals surface area contributed by atoms with E-state index in [2.05, 4.69) is 4.98 Å². The molecule has 1 unspecified atom stereocenters. The molecule has 0 bridgehead atoms. The summed E-state index contributed by atoms with van der Waals surface area (Å²) in [6.07, 6.45) is 7.33. The van der Waals surface area contributed by atoms with Gasteiger partial charge in [0.05, 0.1) is 19.9 Å². The Morgan fingerprint density at radius 1 is 1.26 bits per heavy atom. The zero-order valence-electron chi connectivity index (χ0n) is 11.6. The van der Waals surface area contributed by atoms with Crippen molar-refractivity contribution in [3.05, 3.63) is 18.0 Å². The van der Waals surface area contributed by atoms with Crippen molar-refractivity contribution in [2.45, 2.75) is 38.5 Å². The minimum atomic E-state index is 0.0796. The summed E-state index contributed by atoms with van der Waals surface area (Å²) in [5, 5.41) is 0. The van der Waals surface area contributed by atoms with Gasteiger partial charge in [0.1, 0.15) is 5.78 Å². The van der Waals surface area contributed by atoms with E-state index in [0.717, 1.165) is 31.4 Å². The van der Waals surface area contributed by atoms with Crippen LogP contribution in [0.2, 0.25) is 0 Å². The average Bonchev–Trinajstić information content (AvgIpc) is 2.64. The lowest BCUT2D eigenvalue weighted by Crippen LogP contribution is -2.16. The molecular formula is C15H21NO3. The summed E-state index contributed by atoms with van der Waals surface area (Å²) in [5.74, 6) is 1.77. The fraction of sp³-hybridized carbons (Fsp3) is 0.600. The predicted octanol–water partition coefficient (Wildman–Crippen LogP) is 2.79. The molecule has 1 aromatic heterocycles. The number of hydrogen-bond acceptors (Lipinski definition) is 4. The van der Waals surface area contributed by atoms with Gasteiger partial charge in [-0.15, -0.1) is 0 Å². The second-order valence-corrected chi connectivity index (χ2v) is 4.96. The minimum Gasteiger partial charge on any atom is -0.493 e. The van der Waals surface area contributed by atoms with Crippen LogP contribution in [0.1, 0.15) is 37.8 Å². The zero-order valence-corrected chi connectivity index (χ0v) is 11.6. The first-order chi connectivity index (χ1) is 9.26. The van der Waals surface area contributed by atoms with E-state index in [1.165, 1.54) is 0 Å². The number of pyridine rings is 1. The number of Topliss-reactive ketones (excluding diaryl/α,β-unsaturated/α-hetero) is 1.